The van der Waals surface area contributed by atoms with Crippen molar-refractivity contribution in [2.45, 2.75) is 19.3 Å². The van der Waals surface area contributed by atoms with E-state index in [9.17, 15) is 18.0 Å². The van der Waals surface area contributed by atoms with Crippen molar-refractivity contribution in [3.63, 3.8) is 0 Å². The van der Waals surface area contributed by atoms with Gasteiger partial charge in [-0.1, -0.05) is 41.9 Å². The first-order chi connectivity index (χ1) is 13.9. The lowest BCUT2D eigenvalue weighted by Gasteiger charge is -2.19. The summed E-state index contributed by atoms with van der Waals surface area (Å²) in [6, 6.07) is 14.3. The number of carbonyl (C=O) groups excluding carboxylic acids is 2. The molecule has 0 spiro atoms. The Morgan fingerprint density at radius 1 is 1.07 bits per heavy atom. The van der Waals surface area contributed by atoms with Crippen molar-refractivity contribution in [2.24, 2.45) is 0 Å². The molecule has 9 heteroatoms. The zero-order valence-corrected chi connectivity index (χ0v) is 17.3. The zero-order valence-electron chi connectivity index (χ0n) is 15.7. The standard InChI is InChI=1S/C20H22ClN3O4S/c21-17-10-9-16(14-18(17)24-12-5-13-29(24,27)28)23-20(26)19(25)22-11-4-8-15-6-2-1-3-7-15/h1-3,6-7,9-10,14H,4-5,8,11-13H2,(H,22,25)(H,23,26). The monoisotopic (exact) mass is 435 g/mol. The van der Waals surface area contributed by atoms with Gasteiger partial charge >= 0.3 is 11.8 Å². The predicted octanol–water partition coefficient (Wildman–Crippen LogP) is 2.57. The summed E-state index contributed by atoms with van der Waals surface area (Å²) in [4.78, 5) is 24.1. The summed E-state index contributed by atoms with van der Waals surface area (Å²) >= 11 is 6.14. The normalized spacial score (nSPS) is 15.1. The van der Waals surface area contributed by atoms with Crippen LogP contribution in [0.3, 0.4) is 0 Å². The Labute approximate surface area is 175 Å². The van der Waals surface area contributed by atoms with Crippen LogP contribution in [0.1, 0.15) is 18.4 Å². The topological polar surface area (TPSA) is 95.6 Å². The molecule has 0 unspecified atom stereocenters. The van der Waals surface area contributed by atoms with E-state index >= 15 is 0 Å². The molecule has 1 aliphatic heterocycles. The van der Waals surface area contributed by atoms with Crippen molar-refractivity contribution >= 4 is 44.8 Å². The smallest absolute Gasteiger partial charge is 0.313 e. The van der Waals surface area contributed by atoms with Gasteiger partial charge in [-0.25, -0.2) is 8.42 Å². The highest BCUT2D eigenvalue weighted by molar-refractivity contribution is 7.93. The summed E-state index contributed by atoms with van der Waals surface area (Å²) in [5.74, 6) is -1.50. The van der Waals surface area contributed by atoms with Gasteiger partial charge in [0.05, 0.1) is 16.5 Å². The highest BCUT2D eigenvalue weighted by Crippen LogP contribution is 2.33. The third-order valence-electron chi connectivity index (χ3n) is 4.55. The molecule has 7 nitrogen and oxygen atoms in total. The van der Waals surface area contributed by atoms with Crippen LogP contribution in [-0.4, -0.2) is 39.1 Å². The second-order valence-corrected chi connectivity index (χ2v) is 9.13. The van der Waals surface area contributed by atoms with Crippen molar-refractivity contribution in [1.29, 1.82) is 0 Å². The molecule has 1 heterocycles. The van der Waals surface area contributed by atoms with Crippen LogP contribution in [0, 0.1) is 0 Å². The van der Waals surface area contributed by atoms with E-state index in [2.05, 4.69) is 10.6 Å². The lowest BCUT2D eigenvalue weighted by atomic mass is 10.1. The summed E-state index contributed by atoms with van der Waals surface area (Å²) < 4.78 is 25.5. The van der Waals surface area contributed by atoms with Crippen LogP contribution in [0.25, 0.3) is 0 Å². The van der Waals surface area contributed by atoms with Gasteiger partial charge in [0.2, 0.25) is 10.0 Å². The predicted molar refractivity (Wildman–Crippen MR) is 114 cm³/mol. The first-order valence-electron chi connectivity index (χ1n) is 9.30. The number of halogens is 1. The molecule has 0 aromatic heterocycles. The molecule has 0 aliphatic carbocycles. The van der Waals surface area contributed by atoms with E-state index in [0.717, 1.165) is 12.0 Å². The van der Waals surface area contributed by atoms with Crippen molar-refractivity contribution < 1.29 is 18.0 Å². The van der Waals surface area contributed by atoms with Gasteiger partial charge in [0.15, 0.2) is 0 Å². The third kappa shape index (κ3) is 5.48. The number of anilines is 2. The molecule has 2 N–H and O–H groups in total. The van der Waals surface area contributed by atoms with Gasteiger partial charge in [-0.05, 0) is 43.0 Å². The Hall–Kier alpha value is -2.58. The number of nitrogens with one attached hydrogen (secondary N) is 2. The largest absolute Gasteiger partial charge is 0.348 e. The molecule has 0 radical (unpaired) electrons. The first kappa shape index (κ1) is 21.1. The average Bonchev–Trinajstić information content (AvgIpc) is 3.06. The van der Waals surface area contributed by atoms with E-state index in [1.807, 2.05) is 30.3 Å². The van der Waals surface area contributed by atoms with E-state index in [4.69, 9.17) is 11.6 Å². The Balaban J connectivity index is 1.54. The van der Waals surface area contributed by atoms with E-state index in [-0.39, 0.29) is 10.8 Å². The maximum absolute atomic E-state index is 12.1. The van der Waals surface area contributed by atoms with E-state index < -0.39 is 21.8 Å². The van der Waals surface area contributed by atoms with Crippen molar-refractivity contribution in [3.05, 3.63) is 59.1 Å². The Morgan fingerprint density at radius 2 is 1.83 bits per heavy atom. The quantitative estimate of drug-likeness (QED) is 0.538. The molecule has 0 atom stereocenters. The SMILES string of the molecule is O=C(NCCCc1ccccc1)C(=O)Nc1ccc(Cl)c(N2CCCS2(=O)=O)c1. The molecule has 1 saturated heterocycles. The van der Waals surface area contributed by atoms with Crippen molar-refractivity contribution in [1.82, 2.24) is 5.32 Å². The molecule has 0 saturated carbocycles. The minimum Gasteiger partial charge on any atom is -0.348 e. The van der Waals surface area contributed by atoms with Gasteiger partial charge in [0, 0.05) is 18.8 Å². The minimum absolute atomic E-state index is 0.0608. The number of rotatable bonds is 6. The fraction of sp³-hybridized carbons (Fsp3) is 0.300. The fourth-order valence-corrected chi connectivity index (χ4v) is 4.94. The molecule has 1 aliphatic rings. The molecular formula is C20H22ClN3O4S. The summed E-state index contributed by atoms with van der Waals surface area (Å²) in [5.41, 5.74) is 1.76. The van der Waals surface area contributed by atoms with E-state index in [1.54, 1.807) is 0 Å². The van der Waals surface area contributed by atoms with Gasteiger partial charge < -0.3 is 10.6 Å². The number of hydrogen-bond acceptors (Lipinski definition) is 4. The zero-order chi connectivity index (χ0) is 20.9. The van der Waals surface area contributed by atoms with Crippen LogP contribution in [0.2, 0.25) is 5.02 Å². The van der Waals surface area contributed by atoms with Crippen LogP contribution in [-0.2, 0) is 26.0 Å². The van der Waals surface area contributed by atoms with Crippen molar-refractivity contribution in [2.75, 3.05) is 28.5 Å². The molecule has 29 heavy (non-hydrogen) atoms. The van der Waals surface area contributed by atoms with Crippen LogP contribution >= 0.6 is 11.6 Å². The van der Waals surface area contributed by atoms with Gasteiger partial charge in [0.25, 0.3) is 0 Å². The van der Waals surface area contributed by atoms with Crippen LogP contribution < -0.4 is 14.9 Å². The van der Waals surface area contributed by atoms with E-state index in [0.29, 0.717) is 37.3 Å². The number of hydrogen-bond donors (Lipinski definition) is 2. The highest BCUT2D eigenvalue weighted by Gasteiger charge is 2.30. The number of amides is 2. The van der Waals surface area contributed by atoms with Gasteiger partial charge in [0.1, 0.15) is 0 Å². The maximum Gasteiger partial charge on any atom is 0.313 e. The van der Waals surface area contributed by atoms with Crippen LogP contribution in [0.4, 0.5) is 11.4 Å². The molecule has 2 aromatic carbocycles. The van der Waals surface area contributed by atoms with Gasteiger partial charge in [-0.15, -0.1) is 0 Å². The number of nitrogens with zero attached hydrogens (tertiary/aromatic N) is 1. The molecule has 1 fully saturated rings. The minimum atomic E-state index is -3.41. The lowest BCUT2D eigenvalue weighted by molar-refractivity contribution is -0.136. The Morgan fingerprint density at radius 3 is 2.52 bits per heavy atom. The highest BCUT2D eigenvalue weighted by atomic mass is 35.5. The molecule has 2 amide bonds. The Kier molecular flexibility index (Phi) is 6.76. The average molecular weight is 436 g/mol. The summed E-state index contributed by atoms with van der Waals surface area (Å²) in [6.07, 6.45) is 2.02. The Bertz CT molecular complexity index is 996. The van der Waals surface area contributed by atoms with Crippen molar-refractivity contribution in [3.8, 4) is 0 Å². The second kappa shape index (κ2) is 9.28. The third-order valence-corrected chi connectivity index (χ3v) is 6.72. The lowest BCUT2D eigenvalue weighted by Crippen LogP contribution is -2.36. The van der Waals surface area contributed by atoms with Gasteiger partial charge in [-0.2, -0.15) is 0 Å². The second-order valence-electron chi connectivity index (χ2n) is 6.71. The maximum atomic E-state index is 12.1. The molecular weight excluding hydrogens is 414 g/mol. The van der Waals surface area contributed by atoms with Crippen LogP contribution in [0.15, 0.2) is 48.5 Å². The molecule has 154 valence electrons. The number of carbonyl (C=O) groups is 2. The summed E-state index contributed by atoms with van der Waals surface area (Å²) in [7, 11) is -3.41. The first-order valence-corrected chi connectivity index (χ1v) is 11.3. The number of benzene rings is 2. The summed E-state index contributed by atoms with van der Waals surface area (Å²) in [5, 5.41) is 5.33. The van der Waals surface area contributed by atoms with Gasteiger partial charge in [-0.3, -0.25) is 13.9 Å². The van der Waals surface area contributed by atoms with E-state index in [1.165, 1.54) is 22.5 Å². The molecule has 2 aromatic rings. The number of aryl methyl sites for hydroxylation is 1. The fourth-order valence-electron chi connectivity index (χ4n) is 3.10. The summed E-state index contributed by atoms with van der Waals surface area (Å²) in [6.45, 7) is 0.709. The molecule has 3 rings (SSSR count). The molecule has 0 bridgehead atoms. The van der Waals surface area contributed by atoms with Crippen LogP contribution in [0.5, 0.6) is 0 Å². The number of sulfonamides is 1.